The molecule has 0 saturated carbocycles. The van der Waals surface area contributed by atoms with Gasteiger partial charge in [-0.3, -0.25) is 0 Å². The van der Waals surface area contributed by atoms with Crippen molar-refractivity contribution < 1.29 is 14.1 Å². The zero-order valence-electron chi connectivity index (χ0n) is 16.2. The number of benzene rings is 2. The average Bonchev–Trinajstić information content (AvgIpc) is 2.74. The van der Waals surface area contributed by atoms with Gasteiger partial charge in [0.25, 0.3) is 0 Å². The van der Waals surface area contributed by atoms with Crippen molar-refractivity contribution in [2.24, 2.45) is 5.16 Å². The molecule has 0 atom stereocenters. The summed E-state index contributed by atoms with van der Waals surface area (Å²) in [6, 6.07) is 17.6. The second kappa shape index (κ2) is 10.8. The van der Waals surface area contributed by atoms with Crippen LogP contribution in [0, 0.1) is 0 Å². The topological polar surface area (TPSA) is 34.7 Å². The smallest absolute Gasteiger partial charge is 0.169 e. The Labute approximate surface area is 181 Å². The first-order chi connectivity index (χ1) is 14.2. The predicted molar refractivity (Wildman–Crippen MR) is 117 cm³/mol. The lowest BCUT2D eigenvalue weighted by Crippen LogP contribution is -2.32. The fourth-order valence-corrected chi connectivity index (χ4v) is 3.34. The van der Waals surface area contributed by atoms with E-state index in [-0.39, 0.29) is 6.61 Å². The molecule has 29 heavy (non-hydrogen) atoms. The van der Waals surface area contributed by atoms with Crippen LogP contribution in [0.25, 0.3) is 0 Å². The summed E-state index contributed by atoms with van der Waals surface area (Å²) in [5, 5.41) is 5.15. The number of nitrogens with zero attached hydrogens (tertiary/aromatic N) is 2. The zero-order chi connectivity index (χ0) is 20.5. The van der Waals surface area contributed by atoms with Crippen molar-refractivity contribution in [1.29, 1.82) is 0 Å². The molecule has 0 amide bonds. The van der Waals surface area contributed by atoms with Gasteiger partial charge in [-0.15, -0.1) is 0 Å². The number of aromatic nitrogens is 1. The Bertz CT molecular complexity index is 922. The number of hydrogen-bond acceptors (Lipinski definition) is 3. The fourth-order valence-electron chi connectivity index (χ4n) is 2.83. The first-order valence-electron chi connectivity index (χ1n) is 9.36. The van der Waals surface area contributed by atoms with E-state index in [0.29, 0.717) is 10.0 Å². The normalized spacial score (nSPS) is 11.0. The first kappa shape index (κ1) is 21.2. The Kier molecular flexibility index (Phi) is 7.91. The molecule has 0 fully saturated rings. The van der Waals surface area contributed by atoms with E-state index in [2.05, 4.69) is 21.9 Å². The Morgan fingerprint density at radius 1 is 0.966 bits per heavy atom. The molecule has 3 rings (SSSR count). The Balaban J connectivity index is 1.44. The van der Waals surface area contributed by atoms with Crippen LogP contribution in [0.15, 0.2) is 72.1 Å². The molecule has 0 aliphatic rings. The molecule has 150 valence electrons. The van der Waals surface area contributed by atoms with Gasteiger partial charge in [0.15, 0.2) is 12.4 Å². The SMILES string of the molecule is COc1ccc(CCC[n+]2ccc(/C=N/OCc3c(Cl)cccc3Cl)cc2)cc1. The van der Waals surface area contributed by atoms with E-state index < -0.39 is 0 Å². The number of pyridine rings is 1. The molecule has 0 unspecified atom stereocenters. The second-order valence-corrected chi connectivity index (χ2v) is 7.34. The van der Waals surface area contributed by atoms with E-state index in [4.69, 9.17) is 32.8 Å². The number of methoxy groups -OCH3 is 1. The van der Waals surface area contributed by atoms with Crippen LogP contribution in [0.5, 0.6) is 5.75 Å². The third kappa shape index (κ3) is 6.48. The molecule has 0 radical (unpaired) electrons. The lowest BCUT2D eigenvalue weighted by molar-refractivity contribution is -0.697. The summed E-state index contributed by atoms with van der Waals surface area (Å²) in [6.07, 6.45) is 7.85. The largest absolute Gasteiger partial charge is 0.497 e. The average molecular weight is 430 g/mol. The Morgan fingerprint density at radius 2 is 1.66 bits per heavy atom. The van der Waals surface area contributed by atoms with Crippen molar-refractivity contribution in [1.82, 2.24) is 0 Å². The molecule has 0 aliphatic carbocycles. The molecule has 3 aromatic rings. The summed E-state index contributed by atoms with van der Waals surface area (Å²) in [5.41, 5.74) is 3.00. The van der Waals surface area contributed by atoms with E-state index in [1.54, 1.807) is 31.5 Å². The predicted octanol–water partition coefficient (Wildman–Crippen LogP) is 5.47. The van der Waals surface area contributed by atoms with Gasteiger partial charge in [0.05, 0.1) is 13.3 Å². The van der Waals surface area contributed by atoms with E-state index in [9.17, 15) is 0 Å². The van der Waals surface area contributed by atoms with Crippen molar-refractivity contribution >= 4 is 29.4 Å². The molecular formula is C23H23Cl2N2O2+. The van der Waals surface area contributed by atoms with Gasteiger partial charge in [-0.05, 0) is 36.2 Å². The van der Waals surface area contributed by atoms with E-state index in [1.165, 1.54) is 5.56 Å². The summed E-state index contributed by atoms with van der Waals surface area (Å²) in [5.74, 6) is 0.888. The minimum Gasteiger partial charge on any atom is -0.497 e. The second-order valence-electron chi connectivity index (χ2n) is 6.53. The highest BCUT2D eigenvalue weighted by Crippen LogP contribution is 2.24. The maximum Gasteiger partial charge on any atom is 0.169 e. The van der Waals surface area contributed by atoms with Crippen LogP contribution in [-0.4, -0.2) is 13.3 Å². The number of hydrogen-bond donors (Lipinski definition) is 0. The molecule has 2 aromatic carbocycles. The summed E-state index contributed by atoms with van der Waals surface area (Å²) in [7, 11) is 1.68. The lowest BCUT2D eigenvalue weighted by atomic mass is 10.1. The minimum atomic E-state index is 0.229. The van der Waals surface area contributed by atoms with Crippen LogP contribution < -0.4 is 9.30 Å². The number of oxime groups is 1. The number of ether oxygens (including phenoxy) is 1. The summed E-state index contributed by atoms with van der Waals surface area (Å²) in [6.45, 7) is 1.18. The highest BCUT2D eigenvalue weighted by molar-refractivity contribution is 6.35. The standard InChI is InChI=1S/C23H23Cl2N2O2/c1-28-20-9-7-18(8-10-20)4-3-13-27-14-11-19(12-15-27)16-26-29-17-21-22(24)5-2-6-23(21)25/h2,5-12,14-16H,3-4,13,17H2,1H3/q+1/b26-16+. The molecule has 0 N–H and O–H groups in total. The van der Waals surface area contributed by atoms with Gasteiger partial charge in [-0.2, -0.15) is 0 Å². The highest BCUT2D eigenvalue weighted by Gasteiger charge is 2.05. The summed E-state index contributed by atoms with van der Waals surface area (Å²) < 4.78 is 7.34. The van der Waals surface area contributed by atoms with Crippen LogP contribution in [0.2, 0.25) is 10.0 Å². The monoisotopic (exact) mass is 429 g/mol. The van der Waals surface area contributed by atoms with E-state index >= 15 is 0 Å². The zero-order valence-corrected chi connectivity index (χ0v) is 17.7. The van der Waals surface area contributed by atoms with Crippen molar-refractivity contribution in [3.8, 4) is 5.75 Å². The van der Waals surface area contributed by atoms with Crippen LogP contribution in [0.1, 0.15) is 23.1 Å². The van der Waals surface area contributed by atoms with Gasteiger partial charge in [-0.25, -0.2) is 4.57 Å². The van der Waals surface area contributed by atoms with Crippen molar-refractivity contribution in [2.45, 2.75) is 26.0 Å². The maximum atomic E-state index is 6.11. The van der Waals surface area contributed by atoms with Crippen LogP contribution in [0.4, 0.5) is 0 Å². The first-order valence-corrected chi connectivity index (χ1v) is 10.1. The van der Waals surface area contributed by atoms with Gasteiger partial charge in [0, 0.05) is 39.7 Å². The van der Waals surface area contributed by atoms with Crippen LogP contribution in [0.3, 0.4) is 0 Å². The van der Waals surface area contributed by atoms with E-state index in [0.717, 1.165) is 36.3 Å². The summed E-state index contributed by atoms with van der Waals surface area (Å²) in [4.78, 5) is 5.33. The highest BCUT2D eigenvalue weighted by atomic mass is 35.5. The summed E-state index contributed by atoms with van der Waals surface area (Å²) >= 11 is 12.2. The maximum absolute atomic E-state index is 6.11. The molecule has 1 heterocycles. The molecule has 0 saturated heterocycles. The van der Waals surface area contributed by atoms with Gasteiger partial charge in [-0.1, -0.05) is 46.6 Å². The third-order valence-electron chi connectivity index (χ3n) is 4.50. The molecule has 0 spiro atoms. The third-order valence-corrected chi connectivity index (χ3v) is 5.21. The van der Waals surface area contributed by atoms with Crippen LogP contribution >= 0.6 is 23.2 Å². The van der Waals surface area contributed by atoms with Gasteiger partial charge < -0.3 is 9.57 Å². The van der Waals surface area contributed by atoms with Gasteiger partial charge in [0.1, 0.15) is 18.9 Å². The van der Waals surface area contributed by atoms with Crippen molar-refractivity contribution in [3.63, 3.8) is 0 Å². The fraction of sp³-hybridized carbons (Fsp3) is 0.217. The molecule has 1 aromatic heterocycles. The molecule has 0 bridgehead atoms. The van der Waals surface area contributed by atoms with Gasteiger partial charge in [0.2, 0.25) is 0 Å². The van der Waals surface area contributed by atoms with Gasteiger partial charge >= 0.3 is 0 Å². The van der Waals surface area contributed by atoms with E-state index in [1.807, 2.05) is 36.7 Å². The number of aryl methyl sites for hydroxylation is 2. The molecule has 4 nitrogen and oxygen atoms in total. The Morgan fingerprint density at radius 3 is 2.31 bits per heavy atom. The molecule has 6 heteroatoms. The molecular weight excluding hydrogens is 407 g/mol. The number of halogens is 2. The Hall–Kier alpha value is -2.56. The van der Waals surface area contributed by atoms with Crippen LogP contribution in [-0.2, 0) is 24.4 Å². The van der Waals surface area contributed by atoms with Crippen molar-refractivity contribution in [2.75, 3.05) is 7.11 Å². The molecule has 0 aliphatic heterocycles. The van der Waals surface area contributed by atoms with Crippen molar-refractivity contribution in [3.05, 3.63) is 93.7 Å². The number of rotatable bonds is 9. The minimum absolute atomic E-state index is 0.229. The quantitative estimate of drug-likeness (QED) is 0.256. The lowest BCUT2D eigenvalue weighted by Gasteiger charge is -2.04.